The highest BCUT2D eigenvalue weighted by molar-refractivity contribution is 9.10. The minimum Gasteiger partial charge on any atom is -0.310 e. The maximum atomic E-state index is 3.65. The molecule has 0 saturated heterocycles. The first-order chi connectivity index (χ1) is 8.24. The molecule has 96 valence electrons. The quantitative estimate of drug-likeness (QED) is 0.840. The van der Waals surface area contributed by atoms with Gasteiger partial charge in [0.15, 0.2) is 0 Å². The second-order valence-corrected chi connectivity index (χ2v) is 7.97. The Morgan fingerprint density at radius 2 is 2.18 bits per heavy atom. The Bertz CT molecular complexity index is 345. The average Bonchev–Trinajstić information content (AvgIpc) is 2.76. The topological polar surface area (TPSA) is 12.0 Å². The normalized spacial score (nSPS) is 19.4. The van der Waals surface area contributed by atoms with E-state index in [9.17, 15) is 0 Å². The maximum absolute atomic E-state index is 3.65. The summed E-state index contributed by atoms with van der Waals surface area (Å²) < 4.78 is 1.71. The molecular weight excluding hydrogens is 314 g/mol. The minimum absolute atomic E-state index is 0.507. The Balaban J connectivity index is 1.79. The Kier molecular flexibility index (Phi) is 5.40. The summed E-state index contributed by atoms with van der Waals surface area (Å²) in [5.74, 6) is 0. The lowest BCUT2D eigenvalue weighted by Gasteiger charge is -2.36. The van der Waals surface area contributed by atoms with Crippen LogP contribution in [0, 0.1) is 0 Å². The van der Waals surface area contributed by atoms with Crippen LogP contribution < -0.4 is 5.32 Å². The number of nitrogens with one attached hydrogen (secondary N) is 1. The average molecular weight is 334 g/mol. The molecule has 1 fully saturated rings. The minimum atomic E-state index is 0.507. The van der Waals surface area contributed by atoms with E-state index in [1.807, 2.05) is 11.3 Å². The van der Waals surface area contributed by atoms with Gasteiger partial charge in [0.2, 0.25) is 0 Å². The first-order valence-electron chi connectivity index (χ1n) is 6.23. The predicted molar refractivity (Wildman–Crippen MR) is 83.1 cm³/mol. The summed E-state index contributed by atoms with van der Waals surface area (Å²) in [5.41, 5.74) is 0. The monoisotopic (exact) mass is 333 g/mol. The number of hydrogen-bond acceptors (Lipinski definition) is 3. The lowest BCUT2D eigenvalue weighted by molar-refractivity contribution is 0.380. The molecule has 1 aromatic rings. The summed E-state index contributed by atoms with van der Waals surface area (Å²) in [7, 11) is 0. The molecule has 1 N–H and O–H groups in total. The van der Waals surface area contributed by atoms with Gasteiger partial charge in [-0.3, -0.25) is 0 Å². The van der Waals surface area contributed by atoms with Crippen molar-refractivity contribution in [3.8, 4) is 0 Å². The molecule has 1 nitrogen and oxygen atoms in total. The third-order valence-corrected chi connectivity index (χ3v) is 6.68. The van der Waals surface area contributed by atoms with Crippen molar-refractivity contribution in [1.82, 2.24) is 5.32 Å². The van der Waals surface area contributed by atoms with E-state index in [1.165, 1.54) is 41.5 Å². The number of thioether (sulfide) groups is 1. The van der Waals surface area contributed by atoms with Crippen LogP contribution in [0.3, 0.4) is 0 Å². The second kappa shape index (κ2) is 6.60. The molecule has 2 rings (SSSR count). The van der Waals surface area contributed by atoms with Crippen molar-refractivity contribution < 1.29 is 0 Å². The third-order valence-electron chi connectivity index (χ3n) is 3.57. The fourth-order valence-corrected chi connectivity index (χ4v) is 4.87. The van der Waals surface area contributed by atoms with Gasteiger partial charge in [-0.15, -0.1) is 11.3 Å². The summed E-state index contributed by atoms with van der Waals surface area (Å²) in [6.45, 7) is 2.17. The first kappa shape index (κ1) is 13.9. The van der Waals surface area contributed by atoms with Gasteiger partial charge in [0.1, 0.15) is 0 Å². The Hall–Kier alpha value is 0.490. The summed E-state index contributed by atoms with van der Waals surface area (Å²) in [6, 6.07) is 2.21. The van der Waals surface area contributed by atoms with Gasteiger partial charge in [0, 0.05) is 32.6 Å². The van der Waals surface area contributed by atoms with Crippen molar-refractivity contribution >= 4 is 39.0 Å². The summed E-state index contributed by atoms with van der Waals surface area (Å²) in [6.07, 6.45) is 9.29. The zero-order valence-electron chi connectivity index (χ0n) is 10.3. The zero-order valence-corrected chi connectivity index (χ0v) is 13.5. The molecule has 0 atom stereocenters. The first-order valence-corrected chi connectivity index (χ1v) is 9.13. The van der Waals surface area contributed by atoms with E-state index < -0.39 is 0 Å². The molecule has 1 heterocycles. The van der Waals surface area contributed by atoms with E-state index in [-0.39, 0.29) is 0 Å². The fraction of sp³-hybridized carbons (Fsp3) is 0.692. The highest BCUT2D eigenvalue weighted by Gasteiger charge is 2.30. The number of rotatable bonds is 5. The van der Waals surface area contributed by atoms with Crippen molar-refractivity contribution in [2.75, 3.05) is 12.8 Å². The lowest BCUT2D eigenvalue weighted by Crippen LogP contribution is -2.38. The van der Waals surface area contributed by atoms with E-state index in [1.54, 1.807) is 0 Å². The van der Waals surface area contributed by atoms with E-state index in [0.29, 0.717) is 4.75 Å². The zero-order chi connectivity index (χ0) is 12.1. The summed E-state index contributed by atoms with van der Waals surface area (Å²) >= 11 is 7.40. The Morgan fingerprint density at radius 3 is 2.76 bits per heavy atom. The largest absolute Gasteiger partial charge is 0.310 e. The van der Waals surface area contributed by atoms with Gasteiger partial charge < -0.3 is 5.32 Å². The van der Waals surface area contributed by atoms with Crippen molar-refractivity contribution in [3.63, 3.8) is 0 Å². The smallest absolute Gasteiger partial charge is 0.0300 e. The molecule has 1 saturated carbocycles. The standard InChI is InChI=1S/C13H20BrNS2/c1-16-13(5-3-2-4-6-13)10-15-8-12-7-11(14)9-17-12/h7,9,15H,2-6,8,10H2,1H3. The van der Waals surface area contributed by atoms with Gasteiger partial charge in [-0.05, 0) is 41.1 Å². The molecule has 1 aromatic heterocycles. The molecule has 0 spiro atoms. The molecule has 0 radical (unpaired) electrons. The molecule has 1 aliphatic rings. The lowest BCUT2D eigenvalue weighted by atomic mass is 9.88. The van der Waals surface area contributed by atoms with Gasteiger partial charge in [0.05, 0.1) is 0 Å². The molecule has 0 bridgehead atoms. The molecule has 4 heteroatoms. The van der Waals surface area contributed by atoms with Gasteiger partial charge in [-0.25, -0.2) is 0 Å². The van der Waals surface area contributed by atoms with Crippen molar-refractivity contribution in [1.29, 1.82) is 0 Å². The van der Waals surface area contributed by atoms with Gasteiger partial charge in [-0.1, -0.05) is 19.3 Å². The SMILES string of the molecule is CSC1(CNCc2cc(Br)cs2)CCCCC1. The molecule has 0 aliphatic heterocycles. The van der Waals surface area contributed by atoms with Crippen LogP contribution in [0.5, 0.6) is 0 Å². The molecule has 1 aliphatic carbocycles. The second-order valence-electron chi connectivity index (χ2n) is 4.78. The van der Waals surface area contributed by atoms with E-state index in [2.05, 4.69) is 50.7 Å². The molecular formula is C13H20BrNS2. The predicted octanol–water partition coefficient (Wildman–Crippen LogP) is 4.67. The fourth-order valence-electron chi connectivity index (χ4n) is 2.51. The molecule has 0 amide bonds. The van der Waals surface area contributed by atoms with Crippen LogP contribution in [0.2, 0.25) is 0 Å². The highest BCUT2D eigenvalue weighted by atomic mass is 79.9. The van der Waals surface area contributed by atoms with Crippen molar-refractivity contribution in [2.45, 2.75) is 43.4 Å². The Labute approximate surface area is 121 Å². The number of hydrogen-bond donors (Lipinski definition) is 1. The van der Waals surface area contributed by atoms with Crippen molar-refractivity contribution in [2.24, 2.45) is 0 Å². The van der Waals surface area contributed by atoms with Crippen LogP contribution in [0.15, 0.2) is 15.9 Å². The van der Waals surface area contributed by atoms with E-state index in [4.69, 9.17) is 0 Å². The number of halogens is 1. The molecule has 17 heavy (non-hydrogen) atoms. The van der Waals surface area contributed by atoms with Crippen LogP contribution in [0.25, 0.3) is 0 Å². The van der Waals surface area contributed by atoms with E-state index >= 15 is 0 Å². The summed E-state index contributed by atoms with van der Waals surface area (Å²) in [4.78, 5) is 1.42. The third kappa shape index (κ3) is 3.98. The van der Waals surface area contributed by atoms with Crippen molar-refractivity contribution in [3.05, 3.63) is 20.8 Å². The van der Waals surface area contributed by atoms with Crippen LogP contribution in [-0.2, 0) is 6.54 Å². The van der Waals surface area contributed by atoms with Gasteiger partial charge in [-0.2, -0.15) is 11.8 Å². The molecule has 0 aromatic carbocycles. The van der Waals surface area contributed by atoms with Crippen LogP contribution >= 0.6 is 39.0 Å². The van der Waals surface area contributed by atoms with Gasteiger partial charge >= 0.3 is 0 Å². The van der Waals surface area contributed by atoms with Crippen LogP contribution in [-0.4, -0.2) is 17.5 Å². The highest BCUT2D eigenvalue weighted by Crippen LogP contribution is 2.38. The Morgan fingerprint density at radius 1 is 1.41 bits per heavy atom. The van der Waals surface area contributed by atoms with Crippen LogP contribution in [0.4, 0.5) is 0 Å². The van der Waals surface area contributed by atoms with Gasteiger partial charge in [0.25, 0.3) is 0 Å². The summed E-state index contributed by atoms with van der Waals surface area (Å²) in [5, 5.41) is 5.80. The van der Waals surface area contributed by atoms with E-state index in [0.717, 1.165) is 13.1 Å². The molecule has 0 unspecified atom stereocenters. The van der Waals surface area contributed by atoms with Crippen LogP contribution in [0.1, 0.15) is 37.0 Å². The number of thiophene rings is 1. The maximum Gasteiger partial charge on any atom is 0.0300 e.